The van der Waals surface area contributed by atoms with Crippen molar-refractivity contribution < 1.29 is 4.39 Å². The van der Waals surface area contributed by atoms with Crippen LogP contribution < -0.4 is 5.73 Å². The minimum absolute atomic E-state index is 0.750. The van der Waals surface area contributed by atoms with E-state index in [2.05, 4.69) is 6.92 Å². The van der Waals surface area contributed by atoms with Gasteiger partial charge >= 0.3 is 0 Å². The van der Waals surface area contributed by atoms with E-state index in [9.17, 15) is 4.39 Å². The first-order valence-electron chi connectivity index (χ1n) is 4.51. The van der Waals surface area contributed by atoms with Crippen LogP contribution in [0.2, 0.25) is 0 Å². The quantitative estimate of drug-likeness (QED) is 0.632. The molecule has 0 aromatic heterocycles. The van der Waals surface area contributed by atoms with Crippen molar-refractivity contribution in [2.24, 2.45) is 5.73 Å². The molecule has 0 aromatic rings. The lowest BCUT2D eigenvalue weighted by atomic mass is 10.5. The van der Waals surface area contributed by atoms with E-state index in [0.29, 0.717) is 0 Å². The van der Waals surface area contributed by atoms with Crippen LogP contribution >= 0.6 is 0 Å². The molecule has 1 fully saturated rings. The van der Waals surface area contributed by atoms with Crippen molar-refractivity contribution in [1.29, 1.82) is 0 Å². The zero-order valence-electron chi connectivity index (χ0n) is 8.28. The molecule has 2 heteroatoms. The van der Waals surface area contributed by atoms with Crippen LogP contribution in [0.15, 0.2) is 0 Å². The van der Waals surface area contributed by atoms with Crippen molar-refractivity contribution in [2.75, 3.05) is 6.54 Å². The summed E-state index contributed by atoms with van der Waals surface area (Å²) in [4.78, 5) is 0. The summed E-state index contributed by atoms with van der Waals surface area (Å²) in [5.41, 5.74) is 4.28. The summed E-state index contributed by atoms with van der Waals surface area (Å²) in [6.07, 6.45) is 2.67. The van der Waals surface area contributed by atoms with Crippen LogP contribution in [0, 0.1) is 0 Å². The summed E-state index contributed by atoms with van der Waals surface area (Å²) < 4.78 is 11.8. The molecule has 2 N–H and O–H groups in total. The molecule has 0 radical (unpaired) electrons. The first-order chi connectivity index (χ1) is 5.12. The van der Waals surface area contributed by atoms with E-state index in [0.717, 1.165) is 25.8 Å². The van der Waals surface area contributed by atoms with Crippen molar-refractivity contribution in [1.82, 2.24) is 0 Å². The third-order valence-electron chi connectivity index (χ3n) is 1.23. The van der Waals surface area contributed by atoms with Gasteiger partial charge in [0, 0.05) is 0 Å². The van der Waals surface area contributed by atoms with E-state index in [1.807, 2.05) is 13.8 Å². The molecule has 0 spiro atoms. The van der Waals surface area contributed by atoms with Crippen LogP contribution in [-0.2, 0) is 0 Å². The van der Waals surface area contributed by atoms with Crippen molar-refractivity contribution in [3.8, 4) is 0 Å². The number of alkyl halides is 1. The first kappa shape index (κ1) is 13.5. The summed E-state index contributed by atoms with van der Waals surface area (Å²) in [5.74, 6) is 0. The van der Waals surface area contributed by atoms with Gasteiger partial charge in [-0.15, -0.1) is 0 Å². The lowest BCUT2D eigenvalue weighted by Crippen LogP contribution is -1.93. The van der Waals surface area contributed by atoms with E-state index in [4.69, 9.17) is 5.73 Å². The molecule has 1 nitrogen and oxygen atoms in total. The standard InChI is InChI=1S/C4H7F.C3H9N.C2H6/c1-4(5)2-3-4;1-2-3-4;1-2/h2-3H2,1H3;2-4H2,1H3;1-2H3. The van der Waals surface area contributed by atoms with Gasteiger partial charge in [0.25, 0.3) is 0 Å². The lowest BCUT2D eigenvalue weighted by Gasteiger charge is -1.81. The fourth-order valence-corrected chi connectivity index (χ4v) is 0.172. The maximum absolute atomic E-state index is 11.8. The zero-order chi connectivity index (χ0) is 9.33. The SMILES string of the molecule is CC.CC1(F)CC1.CCCN. The van der Waals surface area contributed by atoms with Crippen molar-refractivity contribution >= 4 is 0 Å². The maximum atomic E-state index is 11.8. The summed E-state index contributed by atoms with van der Waals surface area (Å²) >= 11 is 0. The smallest absolute Gasteiger partial charge is 0.108 e. The van der Waals surface area contributed by atoms with Gasteiger partial charge < -0.3 is 5.73 Å². The molecule has 0 saturated heterocycles. The van der Waals surface area contributed by atoms with Crippen molar-refractivity contribution in [2.45, 2.75) is 52.6 Å². The van der Waals surface area contributed by atoms with Gasteiger partial charge in [-0.3, -0.25) is 0 Å². The molecule has 0 aliphatic heterocycles. The Balaban J connectivity index is 0. The predicted molar refractivity (Wildman–Crippen MR) is 49.4 cm³/mol. The van der Waals surface area contributed by atoms with Crippen molar-refractivity contribution in [3.05, 3.63) is 0 Å². The Labute approximate surface area is 70.2 Å². The van der Waals surface area contributed by atoms with Crippen LogP contribution in [0.25, 0.3) is 0 Å². The van der Waals surface area contributed by atoms with Gasteiger partial charge in [-0.05, 0) is 32.7 Å². The molecular weight excluding hydrogens is 141 g/mol. The van der Waals surface area contributed by atoms with Gasteiger partial charge in [-0.2, -0.15) is 0 Å². The Kier molecular flexibility index (Phi) is 9.79. The Morgan fingerprint density at radius 3 is 1.55 bits per heavy atom. The number of rotatable bonds is 1. The average Bonchev–Trinajstić information content (AvgIpc) is 2.71. The Morgan fingerprint density at radius 2 is 1.55 bits per heavy atom. The normalized spacial score (nSPS) is 16.9. The minimum Gasteiger partial charge on any atom is -0.330 e. The van der Waals surface area contributed by atoms with Crippen LogP contribution in [-0.4, -0.2) is 12.2 Å². The number of nitrogens with two attached hydrogens (primary N) is 1. The van der Waals surface area contributed by atoms with Crippen LogP contribution in [0.3, 0.4) is 0 Å². The second-order valence-electron chi connectivity index (χ2n) is 2.70. The topological polar surface area (TPSA) is 26.0 Å². The number of hydrogen-bond donors (Lipinski definition) is 1. The van der Waals surface area contributed by atoms with E-state index >= 15 is 0 Å². The molecule has 1 rings (SSSR count). The molecule has 0 bridgehead atoms. The molecule has 1 aliphatic carbocycles. The van der Waals surface area contributed by atoms with E-state index in [-0.39, 0.29) is 0 Å². The molecule has 0 aromatic carbocycles. The molecular formula is C9H22FN. The maximum Gasteiger partial charge on any atom is 0.108 e. The molecule has 0 heterocycles. The largest absolute Gasteiger partial charge is 0.330 e. The molecule has 1 saturated carbocycles. The lowest BCUT2D eigenvalue weighted by molar-refractivity contribution is 0.339. The van der Waals surface area contributed by atoms with Gasteiger partial charge in [0.1, 0.15) is 5.67 Å². The molecule has 11 heavy (non-hydrogen) atoms. The minimum atomic E-state index is -0.750. The second kappa shape index (κ2) is 7.99. The molecule has 0 atom stereocenters. The summed E-state index contributed by atoms with van der Waals surface area (Å²) in [6, 6.07) is 0. The Morgan fingerprint density at radius 1 is 1.36 bits per heavy atom. The van der Waals surface area contributed by atoms with Gasteiger partial charge in [-0.1, -0.05) is 20.8 Å². The summed E-state index contributed by atoms with van der Waals surface area (Å²) in [7, 11) is 0. The summed E-state index contributed by atoms with van der Waals surface area (Å²) in [6.45, 7) is 8.51. The van der Waals surface area contributed by atoms with Crippen LogP contribution in [0.5, 0.6) is 0 Å². The highest BCUT2D eigenvalue weighted by molar-refractivity contribution is 4.88. The van der Waals surface area contributed by atoms with E-state index < -0.39 is 5.67 Å². The Bertz CT molecular complexity index is 64.0. The molecule has 1 aliphatic rings. The third kappa shape index (κ3) is 17.7. The van der Waals surface area contributed by atoms with Crippen LogP contribution in [0.1, 0.15) is 47.0 Å². The first-order valence-corrected chi connectivity index (χ1v) is 4.51. The highest BCUT2D eigenvalue weighted by Crippen LogP contribution is 2.38. The molecule has 0 amide bonds. The highest BCUT2D eigenvalue weighted by atomic mass is 19.1. The molecule has 70 valence electrons. The van der Waals surface area contributed by atoms with Gasteiger partial charge in [-0.25, -0.2) is 4.39 Å². The predicted octanol–water partition coefficient (Wildman–Crippen LogP) is 2.89. The molecule has 0 unspecified atom stereocenters. The van der Waals surface area contributed by atoms with Gasteiger partial charge in [0.2, 0.25) is 0 Å². The number of hydrogen-bond acceptors (Lipinski definition) is 1. The highest BCUT2D eigenvalue weighted by Gasteiger charge is 2.36. The Hall–Kier alpha value is -0.110. The van der Waals surface area contributed by atoms with E-state index in [1.165, 1.54) is 0 Å². The third-order valence-corrected chi connectivity index (χ3v) is 1.23. The summed E-state index contributed by atoms with van der Waals surface area (Å²) in [5, 5.41) is 0. The average molecular weight is 163 g/mol. The van der Waals surface area contributed by atoms with Crippen LogP contribution in [0.4, 0.5) is 4.39 Å². The second-order valence-corrected chi connectivity index (χ2v) is 2.70. The van der Waals surface area contributed by atoms with E-state index in [1.54, 1.807) is 6.92 Å². The number of halogens is 1. The fraction of sp³-hybridized carbons (Fsp3) is 1.00. The fourth-order valence-electron chi connectivity index (χ4n) is 0.172. The van der Waals surface area contributed by atoms with Gasteiger partial charge in [0.15, 0.2) is 0 Å². The monoisotopic (exact) mass is 163 g/mol. The zero-order valence-corrected chi connectivity index (χ0v) is 8.28. The van der Waals surface area contributed by atoms with Gasteiger partial charge in [0.05, 0.1) is 0 Å². The van der Waals surface area contributed by atoms with Crippen molar-refractivity contribution in [3.63, 3.8) is 0 Å².